The predicted octanol–water partition coefficient (Wildman–Crippen LogP) is 4.60. The molecule has 0 aliphatic heterocycles. The van der Waals surface area contributed by atoms with Gasteiger partial charge in [0, 0.05) is 12.1 Å². The highest BCUT2D eigenvalue weighted by molar-refractivity contribution is 6.02. The Morgan fingerprint density at radius 1 is 1.25 bits per heavy atom. The van der Waals surface area contributed by atoms with Crippen LogP contribution in [0.4, 0.5) is 11.4 Å². The number of carbonyl (C=O) groups is 1. The zero-order chi connectivity index (χ0) is 20.7. The molecule has 2 aromatic rings. The van der Waals surface area contributed by atoms with Crippen LogP contribution in [0.1, 0.15) is 25.0 Å². The third-order valence-electron chi connectivity index (χ3n) is 3.95. The molecule has 0 bridgehead atoms. The molecule has 2 rings (SSSR count). The van der Waals surface area contributed by atoms with Crippen molar-refractivity contribution in [1.29, 1.82) is 0 Å². The van der Waals surface area contributed by atoms with E-state index in [1.165, 1.54) is 18.2 Å². The largest absolute Gasteiger partial charge is 0.493 e. The van der Waals surface area contributed by atoms with E-state index in [-0.39, 0.29) is 11.6 Å². The molecule has 0 saturated heterocycles. The number of nitrogens with one attached hydrogen (secondary N) is 1. The Kier molecular flexibility index (Phi) is 7.14. The summed E-state index contributed by atoms with van der Waals surface area (Å²) in [6.07, 6.45) is 3.00. The first-order chi connectivity index (χ1) is 13.3. The predicted molar refractivity (Wildman–Crippen MR) is 109 cm³/mol. The van der Waals surface area contributed by atoms with E-state index in [4.69, 9.17) is 9.47 Å². The van der Waals surface area contributed by atoms with Gasteiger partial charge in [-0.15, -0.1) is 0 Å². The zero-order valence-electron chi connectivity index (χ0n) is 16.4. The van der Waals surface area contributed by atoms with Gasteiger partial charge in [-0.3, -0.25) is 14.9 Å². The first-order valence-electron chi connectivity index (χ1n) is 8.85. The van der Waals surface area contributed by atoms with Gasteiger partial charge in [-0.1, -0.05) is 26.0 Å². The number of amides is 1. The molecule has 0 aliphatic carbocycles. The molecular formula is C21H24N2O5. The number of rotatable bonds is 8. The van der Waals surface area contributed by atoms with Crippen LogP contribution in [0, 0.1) is 23.0 Å². The number of nitro groups is 1. The van der Waals surface area contributed by atoms with Crippen molar-refractivity contribution in [3.05, 3.63) is 63.7 Å². The first kappa shape index (κ1) is 21.0. The van der Waals surface area contributed by atoms with Crippen molar-refractivity contribution in [2.24, 2.45) is 5.92 Å². The zero-order valence-corrected chi connectivity index (χ0v) is 16.4. The summed E-state index contributed by atoms with van der Waals surface area (Å²) in [7, 11) is 1.56. The lowest BCUT2D eigenvalue weighted by Gasteiger charge is -2.12. The molecule has 0 fully saturated rings. The highest BCUT2D eigenvalue weighted by Crippen LogP contribution is 2.29. The Labute approximate surface area is 164 Å². The molecule has 7 heteroatoms. The summed E-state index contributed by atoms with van der Waals surface area (Å²) in [5.41, 5.74) is 1.53. The van der Waals surface area contributed by atoms with E-state index < -0.39 is 4.92 Å². The van der Waals surface area contributed by atoms with Gasteiger partial charge >= 0.3 is 0 Å². The number of nitrogens with zero attached hydrogens (tertiary/aromatic N) is 1. The number of hydrogen-bond acceptors (Lipinski definition) is 5. The SMILES string of the molecule is COc1cc(/C=C/C(=O)Nc2cccc([N+](=O)[O-])c2C)ccc1OCC(C)C. The third kappa shape index (κ3) is 5.57. The van der Waals surface area contributed by atoms with Gasteiger partial charge in [0.1, 0.15) is 0 Å². The van der Waals surface area contributed by atoms with Gasteiger partial charge in [-0.25, -0.2) is 0 Å². The summed E-state index contributed by atoms with van der Waals surface area (Å²) >= 11 is 0. The Morgan fingerprint density at radius 2 is 2.00 bits per heavy atom. The number of carbonyl (C=O) groups excluding carboxylic acids is 1. The van der Waals surface area contributed by atoms with Gasteiger partial charge in [-0.2, -0.15) is 0 Å². The van der Waals surface area contributed by atoms with Crippen molar-refractivity contribution < 1.29 is 19.2 Å². The second-order valence-corrected chi connectivity index (χ2v) is 6.64. The van der Waals surface area contributed by atoms with Crippen LogP contribution in [-0.4, -0.2) is 24.5 Å². The molecule has 1 amide bonds. The fourth-order valence-electron chi connectivity index (χ4n) is 2.47. The van der Waals surface area contributed by atoms with Gasteiger partial charge in [0.05, 0.1) is 29.9 Å². The maximum absolute atomic E-state index is 12.2. The quantitative estimate of drug-likeness (QED) is 0.408. The smallest absolute Gasteiger partial charge is 0.274 e. The average Bonchev–Trinajstić information content (AvgIpc) is 2.66. The number of benzene rings is 2. The Hall–Kier alpha value is -3.35. The lowest BCUT2D eigenvalue weighted by atomic mass is 10.1. The maximum atomic E-state index is 12.2. The van der Waals surface area contributed by atoms with Crippen LogP contribution in [0.25, 0.3) is 6.08 Å². The molecule has 0 aliphatic rings. The highest BCUT2D eigenvalue weighted by atomic mass is 16.6. The van der Waals surface area contributed by atoms with Gasteiger partial charge in [0.15, 0.2) is 11.5 Å². The highest BCUT2D eigenvalue weighted by Gasteiger charge is 2.14. The van der Waals surface area contributed by atoms with Gasteiger partial charge in [-0.05, 0) is 42.7 Å². The van der Waals surface area contributed by atoms with Crippen molar-refractivity contribution in [1.82, 2.24) is 0 Å². The molecule has 7 nitrogen and oxygen atoms in total. The van der Waals surface area contributed by atoms with Crippen LogP contribution in [0.5, 0.6) is 11.5 Å². The standard InChI is InChI=1S/C21H24N2O5/c1-14(2)13-28-19-10-8-16(12-20(19)27-4)9-11-21(24)22-17-6-5-7-18(15(17)3)23(25)26/h5-12,14H,13H2,1-4H3,(H,22,24)/b11-9+. The minimum Gasteiger partial charge on any atom is -0.493 e. The summed E-state index contributed by atoms with van der Waals surface area (Å²) in [6, 6.07) is 9.95. The lowest BCUT2D eigenvalue weighted by molar-refractivity contribution is -0.385. The van der Waals surface area contributed by atoms with Gasteiger partial charge in [0.2, 0.25) is 5.91 Å². The van der Waals surface area contributed by atoms with E-state index in [9.17, 15) is 14.9 Å². The molecule has 28 heavy (non-hydrogen) atoms. The molecular weight excluding hydrogens is 360 g/mol. The second kappa shape index (κ2) is 9.55. The van der Waals surface area contributed by atoms with Crippen LogP contribution in [0.15, 0.2) is 42.5 Å². The van der Waals surface area contributed by atoms with E-state index in [0.717, 1.165) is 5.56 Å². The number of methoxy groups -OCH3 is 1. The van der Waals surface area contributed by atoms with Gasteiger partial charge in [0.25, 0.3) is 5.69 Å². The molecule has 1 N–H and O–H groups in total. The number of anilines is 1. The number of ether oxygens (including phenoxy) is 2. The van der Waals surface area contributed by atoms with Crippen molar-refractivity contribution in [3.63, 3.8) is 0 Å². The van der Waals surface area contributed by atoms with E-state index in [2.05, 4.69) is 19.2 Å². The van der Waals surface area contributed by atoms with Crippen LogP contribution >= 0.6 is 0 Å². The Balaban J connectivity index is 2.10. The molecule has 0 spiro atoms. The summed E-state index contributed by atoms with van der Waals surface area (Å²) < 4.78 is 11.1. The van der Waals surface area contributed by atoms with E-state index in [1.54, 1.807) is 38.3 Å². The maximum Gasteiger partial charge on any atom is 0.274 e. The van der Waals surface area contributed by atoms with Gasteiger partial charge < -0.3 is 14.8 Å². The number of nitro benzene ring substituents is 1. The summed E-state index contributed by atoms with van der Waals surface area (Å²) in [4.78, 5) is 22.7. The van der Waals surface area contributed by atoms with Crippen molar-refractivity contribution >= 4 is 23.4 Å². The molecule has 148 valence electrons. The summed E-state index contributed by atoms with van der Waals surface area (Å²) in [5, 5.41) is 13.7. The third-order valence-corrected chi connectivity index (χ3v) is 3.95. The van der Waals surface area contributed by atoms with Crippen LogP contribution in [0.2, 0.25) is 0 Å². The van der Waals surface area contributed by atoms with Crippen molar-refractivity contribution in [2.75, 3.05) is 19.0 Å². The fraction of sp³-hybridized carbons (Fsp3) is 0.286. The molecule has 0 aromatic heterocycles. The average molecular weight is 384 g/mol. The Bertz CT molecular complexity index is 890. The van der Waals surface area contributed by atoms with Crippen molar-refractivity contribution in [2.45, 2.75) is 20.8 Å². The van der Waals surface area contributed by atoms with Crippen molar-refractivity contribution in [3.8, 4) is 11.5 Å². The first-order valence-corrected chi connectivity index (χ1v) is 8.85. The Morgan fingerprint density at radius 3 is 2.64 bits per heavy atom. The summed E-state index contributed by atoms with van der Waals surface area (Å²) in [6.45, 7) is 6.30. The minimum atomic E-state index is -0.476. The molecule has 2 aromatic carbocycles. The normalized spacial score (nSPS) is 10.9. The topological polar surface area (TPSA) is 90.7 Å². The fourth-order valence-corrected chi connectivity index (χ4v) is 2.47. The van der Waals surface area contributed by atoms with E-state index in [1.807, 2.05) is 6.07 Å². The minimum absolute atomic E-state index is 0.0384. The summed E-state index contributed by atoms with van der Waals surface area (Å²) in [5.74, 6) is 1.23. The van der Waals surface area contributed by atoms with E-state index in [0.29, 0.717) is 35.3 Å². The molecule has 0 radical (unpaired) electrons. The molecule has 0 heterocycles. The van der Waals surface area contributed by atoms with E-state index >= 15 is 0 Å². The van der Waals surface area contributed by atoms with Crippen LogP contribution in [0.3, 0.4) is 0 Å². The second-order valence-electron chi connectivity index (χ2n) is 6.64. The lowest BCUT2D eigenvalue weighted by Crippen LogP contribution is -2.09. The molecule has 0 saturated carbocycles. The van der Waals surface area contributed by atoms with Crippen LogP contribution in [-0.2, 0) is 4.79 Å². The monoisotopic (exact) mass is 384 g/mol. The molecule has 0 atom stereocenters. The van der Waals surface area contributed by atoms with Crippen LogP contribution < -0.4 is 14.8 Å². The number of hydrogen-bond donors (Lipinski definition) is 1. The molecule has 0 unspecified atom stereocenters.